The lowest BCUT2D eigenvalue weighted by molar-refractivity contribution is -0.193. The van der Waals surface area contributed by atoms with E-state index in [1.165, 1.54) is 5.56 Å². The molecule has 9 nitrogen and oxygen atoms in total. The van der Waals surface area contributed by atoms with Crippen LogP contribution in [0.2, 0.25) is 0 Å². The number of carbonyl (C=O) groups is 3. The number of piperidine rings is 1. The lowest BCUT2D eigenvalue weighted by Crippen LogP contribution is -2.51. The molecule has 1 amide bonds. The van der Waals surface area contributed by atoms with Crippen LogP contribution >= 0.6 is 0 Å². The van der Waals surface area contributed by atoms with Crippen LogP contribution in [-0.4, -0.2) is 114 Å². The summed E-state index contributed by atoms with van der Waals surface area (Å²) in [6.07, 6.45) is -8.97. The zero-order valence-corrected chi connectivity index (χ0v) is 21.7. The highest BCUT2D eigenvalue weighted by Gasteiger charge is 2.44. The molecule has 0 spiro atoms. The van der Waals surface area contributed by atoms with Crippen LogP contribution in [0.3, 0.4) is 0 Å². The Morgan fingerprint density at radius 3 is 1.92 bits per heavy atom. The fourth-order valence-electron chi connectivity index (χ4n) is 4.11. The van der Waals surface area contributed by atoms with E-state index in [0.717, 1.165) is 39.1 Å². The number of carboxylic acid groups (broad SMARTS) is 2. The van der Waals surface area contributed by atoms with Gasteiger partial charge in [-0.25, -0.2) is 9.59 Å². The summed E-state index contributed by atoms with van der Waals surface area (Å²) in [6.45, 7) is 7.73. The van der Waals surface area contributed by atoms with Gasteiger partial charge in [0, 0.05) is 52.2 Å². The summed E-state index contributed by atoms with van der Waals surface area (Å²) < 4.78 is 69.5. The molecule has 2 aliphatic rings. The minimum atomic E-state index is -5.08. The molecule has 3 rings (SSSR count). The van der Waals surface area contributed by atoms with E-state index >= 15 is 0 Å². The fourth-order valence-corrected chi connectivity index (χ4v) is 4.11. The predicted molar refractivity (Wildman–Crippen MR) is 127 cm³/mol. The summed E-state index contributed by atoms with van der Waals surface area (Å²) in [5.74, 6) is -4.97. The number of nitrogens with zero attached hydrogens (tertiary/aromatic N) is 3. The van der Waals surface area contributed by atoms with Gasteiger partial charge in [0.15, 0.2) is 0 Å². The number of benzene rings is 1. The van der Waals surface area contributed by atoms with E-state index in [-0.39, 0.29) is 18.6 Å². The van der Waals surface area contributed by atoms with E-state index in [1.807, 2.05) is 0 Å². The molecule has 3 atom stereocenters. The largest absolute Gasteiger partial charge is 0.490 e. The molecule has 0 unspecified atom stereocenters. The highest BCUT2D eigenvalue weighted by atomic mass is 19.4. The fraction of sp³-hybridized carbons (Fsp3) is 0.625. The number of alkyl halides is 6. The maximum atomic E-state index is 11.9. The summed E-state index contributed by atoms with van der Waals surface area (Å²) in [6, 6.07) is 11.2. The third-order valence-corrected chi connectivity index (χ3v) is 6.14. The Bertz CT molecular complexity index is 905. The van der Waals surface area contributed by atoms with Gasteiger partial charge < -0.3 is 24.7 Å². The number of carbonyl (C=O) groups excluding carboxylic acids is 1. The molecule has 39 heavy (non-hydrogen) atoms. The van der Waals surface area contributed by atoms with Crippen molar-refractivity contribution in [1.82, 2.24) is 14.7 Å². The molecule has 0 bridgehead atoms. The van der Waals surface area contributed by atoms with Gasteiger partial charge in [-0.1, -0.05) is 37.3 Å². The Hall–Kier alpha value is -2.91. The first-order valence-corrected chi connectivity index (χ1v) is 11.9. The van der Waals surface area contributed by atoms with Crippen LogP contribution in [0, 0.1) is 5.92 Å². The second-order valence-corrected chi connectivity index (χ2v) is 9.07. The van der Waals surface area contributed by atoms with Crippen molar-refractivity contribution < 1.29 is 55.7 Å². The molecule has 2 saturated heterocycles. The Morgan fingerprint density at radius 1 is 0.974 bits per heavy atom. The van der Waals surface area contributed by atoms with Crippen LogP contribution in [0.25, 0.3) is 0 Å². The number of likely N-dealkylation sites (N-methyl/N-ethyl adjacent to an activating group) is 2. The highest BCUT2D eigenvalue weighted by Crippen LogP contribution is 2.33. The van der Waals surface area contributed by atoms with E-state index in [2.05, 4.69) is 47.1 Å². The van der Waals surface area contributed by atoms with Crippen molar-refractivity contribution in [2.75, 3.05) is 46.9 Å². The molecular weight excluding hydrogens is 540 g/mol. The van der Waals surface area contributed by atoms with Gasteiger partial charge in [0.05, 0.1) is 6.10 Å². The van der Waals surface area contributed by atoms with Gasteiger partial charge in [-0.15, -0.1) is 0 Å². The Balaban J connectivity index is 0.000000449. The highest BCUT2D eigenvalue weighted by molar-refractivity contribution is 5.76. The van der Waals surface area contributed by atoms with Crippen LogP contribution < -0.4 is 0 Å². The Morgan fingerprint density at radius 2 is 1.49 bits per heavy atom. The number of fused-ring (bicyclic) bond motifs is 1. The van der Waals surface area contributed by atoms with E-state index in [4.69, 9.17) is 24.5 Å². The molecule has 2 fully saturated rings. The maximum absolute atomic E-state index is 11.9. The maximum Gasteiger partial charge on any atom is 0.490 e. The molecule has 2 N–H and O–H groups in total. The number of halogens is 6. The third-order valence-electron chi connectivity index (χ3n) is 6.14. The summed E-state index contributed by atoms with van der Waals surface area (Å²) in [4.78, 5) is 36.4. The molecule has 2 aliphatic heterocycles. The molecule has 1 aromatic rings. The molecule has 0 saturated carbocycles. The van der Waals surface area contributed by atoms with Gasteiger partial charge in [-0.3, -0.25) is 9.69 Å². The van der Waals surface area contributed by atoms with Crippen molar-refractivity contribution in [2.24, 2.45) is 5.92 Å². The number of aliphatic carboxylic acids is 2. The SMILES string of the molecule is CCN1C[C@H]2[C@@H](C1)N(Cc1ccccc1)CC[C@H]2OCC(=O)N(C)C.O=C(O)C(F)(F)F.O=C(O)C(F)(F)F. The smallest absolute Gasteiger partial charge is 0.475 e. The average Bonchev–Trinajstić information content (AvgIpc) is 3.29. The quantitative estimate of drug-likeness (QED) is 0.500. The molecule has 0 radical (unpaired) electrons. The number of carboxylic acids is 2. The number of likely N-dealkylation sites (tertiary alicyclic amines) is 2. The van der Waals surface area contributed by atoms with Crippen LogP contribution in [-0.2, 0) is 25.7 Å². The summed E-state index contributed by atoms with van der Waals surface area (Å²) in [7, 11) is 3.57. The number of ether oxygens (including phenoxy) is 1. The summed E-state index contributed by atoms with van der Waals surface area (Å²) in [5, 5.41) is 14.2. The minimum absolute atomic E-state index is 0.0496. The Kier molecular flexibility index (Phi) is 13.1. The van der Waals surface area contributed by atoms with E-state index in [9.17, 15) is 31.1 Å². The molecule has 222 valence electrons. The van der Waals surface area contributed by atoms with E-state index in [0.29, 0.717) is 12.0 Å². The van der Waals surface area contributed by atoms with Gasteiger partial charge in [-0.2, -0.15) is 26.3 Å². The monoisotopic (exact) mass is 573 g/mol. The molecule has 2 heterocycles. The zero-order chi connectivity index (χ0) is 30.0. The first-order chi connectivity index (χ1) is 18.0. The lowest BCUT2D eigenvalue weighted by Gasteiger charge is -2.41. The molecular formula is C24H33F6N3O6. The summed E-state index contributed by atoms with van der Waals surface area (Å²) >= 11 is 0. The Labute approximate surface area is 221 Å². The first-order valence-electron chi connectivity index (χ1n) is 11.9. The van der Waals surface area contributed by atoms with E-state index in [1.54, 1.807) is 19.0 Å². The average molecular weight is 574 g/mol. The molecule has 1 aromatic carbocycles. The third kappa shape index (κ3) is 11.8. The minimum Gasteiger partial charge on any atom is -0.475 e. The van der Waals surface area contributed by atoms with E-state index < -0.39 is 24.3 Å². The molecule has 15 heteroatoms. The zero-order valence-electron chi connectivity index (χ0n) is 21.7. The van der Waals surface area contributed by atoms with Crippen molar-refractivity contribution in [1.29, 1.82) is 0 Å². The second-order valence-electron chi connectivity index (χ2n) is 9.07. The van der Waals surface area contributed by atoms with Crippen LogP contribution in [0.15, 0.2) is 30.3 Å². The van der Waals surface area contributed by atoms with Gasteiger partial charge >= 0.3 is 24.3 Å². The van der Waals surface area contributed by atoms with Crippen molar-refractivity contribution >= 4 is 17.8 Å². The standard InChI is InChI=1S/C20H31N3O2.2C2HF3O2/c1-4-22-13-17-18(14-22)23(12-16-8-6-5-7-9-16)11-10-19(17)25-15-20(24)21(2)3;2*3-2(4,5)1(6)7/h5-9,17-19H,4,10-15H2,1-3H3;2*(H,6,7)/t17-,18+,19+;;/m0../s1. The number of hydrogen-bond acceptors (Lipinski definition) is 6. The van der Waals surface area contributed by atoms with Crippen molar-refractivity contribution in [3.63, 3.8) is 0 Å². The van der Waals surface area contributed by atoms with Gasteiger partial charge in [-0.05, 0) is 18.5 Å². The second kappa shape index (κ2) is 15.0. The first kappa shape index (κ1) is 34.1. The topological polar surface area (TPSA) is 111 Å². The van der Waals surface area contributed by atoms with Gasteiger partial charge in [0.1, 0.15) is 6.61 Å². The van der Waals surface area contributed by atoms with Gasteiger partial charge in [0.2, 0.25) is 5.91 Å². The number of amides is 1. The molecule has 0 aromatic heterocycles. The number of rotatable bonds is 6. The lowest BCUT2D eigenvalue weighted by atomic mass is 9.88. The number of hydrogen-bond donors (Lipinski definition) is 2. The van der Waals surface area contributed by atoms with Crippen molar-refractivity contribution in [3.05, 3.63) is 35.9 Å². The van der Waals surface area contributed by atoms with Crippen molar-refractivity contribution in [3.8, 4) is 0 Å². The predicted octanol–water partition coefficient (Wildman–Crippen LogP) is 2.95. The molecule has 0 aliphatic carbocycles. The van der Waals surface area contributed by atoms with Gasteiger partial charge in [0.25, 0.3) is 0 Å². The normalized spacial score (nSPS) is 21.5. The van der Waals surface area contributed by atoms with Crippen LogP contribution in [0.1, 0.15) is 18.9 Å². The van der Waals surface area contributed by atoms with Crippen molar-refractivity contribution in [2.45, 2.75) is 44.4 Å². The summed E-state index contributed by atoms with van der Waals surface area (Å²) in [5.41, 5.74) is 1.37. The van der Waals surface area contributed by atoms with Crippen LogP contribution in [0.4, 0.5) is 26.3 Å². The van der Waals surface area contributed by atoms with Crippen LogP contribution in [0.5, 0.6) is 0 Å².